The van der Waals surface area contributed by atoms with Crippen molar-refractivity contribution in [2.45, 2.75) is 40.2 Å². The quantitative estimate of drug-likeness (QED) is 0.381. The minimum atomic E-state index is -0.0764. The summed E-state index contributed by atoms with van der Waals surface area (Å²) in [5.74, 6) is 1.17. The molecule has 3 heterocycles. The molecule has 3 aromatic heterocycles. The highest BCUT2D eigenvalue weighted by atomic mass is 16.1. The van der Waals surface area contributed by atoms with Gasteiger partial charge in [-0.1, -0.05) is 54.1 Å². The number of carbonyl (C=O) groups is 1. The van der Waals surface area contributed by atoms with Crippen LogP contribution in [-0.4, -0.2) is 35.3 Å². The Bertz CT molecular complexity index is 1500. The molecule has 0 unspecified atom stereocenters. The Hall–Kier alpha value is -4.33. The molecule has 0 fully saturated rings. The van der Waals surface area contributed by atoms with Crippen molar-refractivity contribution < 1.29 is 4.79 Å². The molecule has 5 aromatic rings. The summed E-state index contributed by atoms with van der Waals surface area (Å²) in [5, 5.41) is 12.1. The second-order valence-corrected chi connectivity index (χ2v) is 8.71. The Morgan fingerprint density at radius 3 is 2.63 bits per heavy atom. The Morgan fingerprint density at radius 1 is 1.00 bits per heavy atom. The number of hydrogen-bond acceptors (Lipinski definition) is 5. The molecule has 1 N–H and O–H groups in total. The van der Waals surface area contributed by atoms with Crippen molar-refractivity contribution in [1.29, 1.82) is 0 Å². The maximum Gasteiger partial charge on any atom is 0.252 e. The largest absolute Gasteiger partial charge is 0.311 e. The highest BCUT2D eigenvalue weighted by molar-refractivity contribution is 5.90. The average molecular weight is 466 g/mol. The van der Waals surface area contributed by atoms with Crippen molar-refractivity contribution in [2.24, 2.45) is 0 Å². The second-order valence-electron chi connectivity index (χ2n) is 8.71. The van der Waals surface area contributed by atoms with Crippen molar-refractivity contribution in [3.63, 3.8) is 0 Å². The molecule has 176 valence electrons. The van der Waals surface area contributed by atoms with Gasteiger partial charge in [-0.2, -0.15) is 15.2 Å². The average Bonchev–Trinajstić information content (AvgIpc) is 3.47. The lowest BCUT2D eigenvalue weighted by molar-refractivity contribution is -0.116. The van der Waals surface area contributed by atoms with E-state index in [1.54, 1.807) is 4.52 Å². The van der Waals surface area contributed by atoms with Gasteiger partial charge in [-0.3, -0.25) is 4.79 Å². The molecule has 5 rings (SSSR count). The van der Waals surface area contributed by atoms with Crippen LogP contribution >= 0.6 is 0 Å². The van der Waals surface area contributed by atoms with Gasteiger partial charge in [-0.05, 0) is 44.4 Å². The van der Waals surface area contributed by atoms with Gasteiger partial charge < -0.3 is 5.32 Å². The standard InChI is InChI=1S/C27H27N7O/c1-18-8-7-11-22(14-18)24-15-25(33(32-24)16-21-9-5-4-6-10-21)31-26(35)13-12-23-19(2)30-27-28-17-29-34(27)20(23)3/h4-11,14-15,17H,12-13,16H2,1-3H3,(H,31,35). The molecular formula is C27H27N7O. The van der Waals surface area contributed by atoms with Crippen LogP contribution in [0.4, 0.5) is 5.82 Å². The number of carbonyl (C=O) groups excluding carboxylic acids is 1. The van der Waals surface area contributed by atoms with E-state index < -0.39 is 0 Å². The van der Waals surface area contributed by atoms with E-state index in [-0.39, 0.29) is 5.91 Å². The minimum absolute atomic E-state index is 0.0764. The fourth-order valence-corrected chi connectivity index (χ4v) is 4.30. The van der Waals surface area contributed by atoms with Crippen molar-refractivity contribution in [3.05, 3.63) is 95.1 Å². The number of rotatable bonds is 7. The maximum atomic E-state index is 13.0. The fraction of sp³-hybridized carbons (Fsp3) is 0.222. The van der Waals surface area contributed by atoms with E-state index in [0.29, 0.717) is 31.0 Å². The number of anilines is 1. The zero-order chi connectivity index (χ0) is 24.4. The van der Waals surface area contributed by atoms with Crippen LogP contribution in [0.1, 0.15) is 34.5 Å². The Morgan fingerprint density at radius 2 is 1.83 bits per heavy atom. The lowest BCUT2D eigenvalue weighted by atomic mass is 10.1. The summed E-state index contributed by atoms with van der Waals surface area (Å²) < 4.78 is 3.56. The normalized spacial score (nSPS) is 11.2. The lowest BCUT2D eigenvalue weighted by Gasteiger charge is -2.11. The third-order valence-corrected chi connectivity index (χ3v) is 6.13. The molecular weight excluding hydrogens is 438 g/mol. The van der Waals surface area contributed by atoms with E-state index in [1.165, 1.54) is 6.33 Å². The van der Waals surface area contributed by atoms with Gasteiger partial charge in [0.25, 0.3) is 5.78 Å². The summed E-state index contributed by atoms with van der Waals surface area (Å²) in [6, 6.07) is 20.3. The number of nitrogens with zero attached hydrogens (tertiary/aromatic N) is 6. The number of aromatic nitrogens is 6. The van der Waals surface area contributed by atoms with Gasteiger partial charge in [0.1, 0.15) is 12.1 Å². The molecule has 0 aliphatic carbocycles. The molecule has 0 aliphatic heterocycles. The minimum Gasteiger partial charge on any atom is -0.311 e. The smallest absolute Gasteiger partial charge is 0.252 e. The number of amides is 1. The molecule has 8 heteroatoms. The van der Waals surface area contributed by atoms with Gasteiger partial charge in [0, 0.05) is 29.4 Å². The van der Waals surface area contributed by atoms with Crippen molar-refractivity contribution in [1.82, 2.24) is 29.4 Å². The summed E-state index contributed by atoms with van der Waals surface area (Å²) in [6.45, 7) is 6.54. The monoisotopic (exact) mass is 465 g/mol. The number of nitrogens with one attached hydrogen (secondary N) is 1. The molecule has 35 heavy (non-hydrogen) atoms. The molecule has 0 atom stereocenters. The molecule has 8 nitrogen and oxygen atoms in total. The predicted octanol–water partition coefficient (Wildman–Crippen LogP) is 4.53. The predicted molar refractivity (Wildman–Crippen MR) is 135 cm³/mol. The first-order valence-electron chi connectivity index (χ1n) is 11.6. The number of fused-ring (bicyclic) bond motifs is 1. The highest BCUT2D eigenvalue weighted by Gasteiger charge is 2.16. The first-order valence-corrected chi connectivity index (χ1v) is 11.6. The van der Waals surface area contributed by atoms with Crippen LogP contribution in [0.2, 0.25) is 0 Å². The lowest BCUT2D eigenvalue weighted by Crippen LogP contribution is -2.17. The van der Waals surface area contributed by atoms with Gasteiger partial charge in [0.05, 0.1) is 12.2 Å². The fourth-order valence-electron chi connectivity index (χ4n) is 4.30. The molecule has 0 saturated heterocycles. The van der Waals surface area contributed by atoms with Crippen molar-refractivity contribution in [2.75, 3.05) is 5.32 Å². The number of hydrogen-bond donors (Lipinski definition) is 1. The molecule has 1 amide bonds. The first kappa shape index (κ1) is 22.5. The Labute approximate surface area is 203 Å². The SMILES string of the molecule is Cc1cccc(-c2cc(NC(=O)CCc3c(C)nc4ncnn4c3C)n(Cc3ccccc3)n2)c1. The maximum absolute atomic E-state index is 13.0. The third-order valence-electron chi connectivity index (χ3n) is 6.13. The molecule has 0 radical (unpaired) electrons. The van der Waals surface area contributed by atoms with E-state index in [1.807, 2.05) is 54.9 Å². The van der Waals surface area contributed by atoms with Gasteiger partial charge in [-0.15, -0.1) is 0 Å². The van der Waals surface area contributed by atoms with Crippen molar-refractivity contribution >= 4 is 17.5 Å². The van der Waals surface area contributed by atoms with Gasteiger partial charge >= 0.3 is 0 Å². The Kier molecular flexibility index (Phi) is 6.10. The van der Waals surface area contributed by atoms with Crippen LogP contribution in [0.5, 0.6) is 0 Å². The molecule has 0 spiro atoms. The molecule has 0 bridgehead atoms. The zero-order valence-electron chi connectivity index (χ0n) is 20.1. The summed E-state index contributed by atoms with van der Waals surface area (Å²) in [7, 11) is 0. The highest BCUT2D eigenvalue weighted by Crippen LogP contribution is 2.24. The Balaban J connectivity index is 1.38. The summed E-state index contributed by atoms with van der Waals surface area (Å²) >= 11 is 0. The molecule has 0 aliphatic rings. The van der Waals surface area contributed by atoms with Crippen LogP contribution in [0, 0.1) is 20.8 Å². The summed E-state index contributed by atoms with van der Waals surface area (Å²) in [5.41, 5.74) is 6.95. The van der Waals surface area contributed by atoms with Gasteiger partial charge in [0.15, 0.2) is 0 Å². The van der Waals surface area contributed by atoms with E-state index in [9.17, 15) is 4.79 Å². The second kappa shape index (κ2) is 9.50. The van der Waals surface area contributed by atoms with E-state index in [0.717, 1.165) is 39.3 Å². The van der Waals surface area contributed by atoms with Gasteiger partial charge in [-0.25, -0.2) is 14.2 Å². The zero-order valence-corrected chi connectivity index (χ0v) is 20.1. The summed E-state index contributed by atoms with van der Waals surface area (Å²) in [6.07, 6.45) is 2.37. The molecule has 0 saturated carbocycles. The van der Waals surface area contributed by atoms with E-state index >= 15 is 0 Å². The topological polar surface area (TPSA) is 90.0 Å². The van der Waals surface area contributed by atoms with Crippen LogP contribution in [0.3, 0.4) is 0 Å². The number of aryl methyl sites for hydroxylation is 3. The van der Waals surface area contributed by atoms with Crippen LogP contribution in [-0.2, 0) is 17.8 Å². The number of benzene rings is 2. The van der Waals surface area contributed by atoms with Crippen LogP contribution in [0.25, 0.3) is 17.0 Å². The van der Waals surface area contributed by atoms with Gasteiger partial charge in [0.2, 0.25) is 5.91 Å². The van der Waals surface area contributed by atoms with E-state index in [4.69, 9.17) is 5.10 Å². The van der Waals surface area contributed by atoms with Crippen molar-refractivity contribution in [3.8, 4) is 11.3 Å². The molecule has 2 aromatic carbocycles. The first-order chi connectivity index (χ1) is 17.0. The third kappa shape index (κ3) is 4.82. The van der Waals surface area contributed by atoms with Crippen LogP contribution < -0.4 is 5.32 Å². The van der Waals surface area contributed by atoms with E-state index in [2.05, 4.69) is 51.6 Å². The summed E-state index contributed by atoms with van der Waals surface area (Å²) in [4.78, 5) is 21.7. The van der Waals surface area contributed by atoms with Crippen LogP contribution in [0.15, 0.2) is 67.0 Å².